The summed E-state index contributed by atoms with van der Waals surface area (Å²) in [5, 5.41) is 4.21. The highest BCUT2D eigenvalue weighted by Crippen LogP contribution is 2.50. The van der Waals surface area contributed by atoms with E-state index in [-0.39, 0.29) is 18.5 Å². The van der Waals surface area contributed by atoms with E-state index in [1.54, 1.807) is 31.5 Å². The lowest BCUT2D eigenvalue weighted by Crippen LogP contribution is -2.29. The number of methoxy groups -OCH3 is 1. The molecule has 6 rings (SSSR count). The maximum absolute atomic E-state index is 13.2. The molecule has 2 aliphatic rings. The van der Waals surface area contributed by atoms with Gasteiger partial charge in [0, 0.05) is 17.8 Å². The SMILES string of the molecule is COc1cc(C=Nc2ccc([C@@H]3Nc4ccc(C)cc4[C@@H]4C=CC[C@@H]43)cc2)cc(Cl)c1OCc1ccc(F)cc1. The third-order valence-corrected chi connectivity index (χ3v) is 7.96. The Bertz CT molecular complexity index is 1580. The molecule has 0 spiro atoms. The largest absolute Gasteiger partial charge is 0.493 e. The number of nitrogens with zero attached hydrogens (tertiary/aromatic N) is 1. The highest BCUT2D eigenvalue weighted by molar-refractivity contribution is 6.32. The van der Waals surface area contributed by atoms with Crippen molar-refractivity contribution >= 4 is 29.2 Å². The van der Waals surface area contributed by atoms with E-state index < -0.39 is 0 Å². The van der Waals surface area contributed by atoms with Crippen LogP contribution in [-0.2, 0) is 6.61 Å². The van der Waals surface area contributed by atoms with Gasteiger partial charge in [0.1, 0.15) is 12.4 Å². The molecule has 4 aromatic carbocycles. The summed E-state index contributed by atoms with van der Waals surface area (Å²) in [5.41, 5.74) is 7.65. The molecule has 3 atom stereocenters. The smallest absolute Gasteiger partial charge is 0.180 e. The molecule has 0 radical (unpaired) electrons. The molecular formula is C34H30ClFN2O2. The van der Waals surface area contributed by atoms with E-state index in [0.717, 1.165) is 23.2 Å². The molecule has 0 saturated heterocycles. The van der Waals surface area contributed by atoms with E-state index in [9.17, 15) is 4.39 Å². The van der Waals surface area contributed by atoms with Crippen LogP contribution in [-0.4, -0.2) is 13.3 Å². The maximum atomic E-state index is 13.2. The van der Waals surface area contributed by atoms with Crippen LogP contribution in [0.3, 0.4) is 0 Å². The molecule has 0 fully saturated rings. The summed E-state index contributed by atoms with van der Waals surface area (Å²) >= 11 is 6.54. The molecule has 0 saturated carbocycles. The molecule has 0 amide bonds. The van der Waals surface area contributed by atoms with Crippen LogP contribution in [0, 0.1) is 18.7 Å². The molecule has 1 heterocycles. The van der Waals surface area contributed by atoms with Crippen LogP contribution >= 0.6 is 11.6 Å². The summed E-state index contributed by atoms with van der Waals surface area (Å²) in [7, 11) is 1.57. The highest BCUT2D eigenvalue weighted by Gasteiger charge is 2.37. The van der Waals surface area contributed by atoms with Crippen molar-refractivity contribution in [2.75, 3.05) is 12.4 Å². The van der Waals surface area contributed by atoms with Crippen molar-refractivity contribution in [3.05, 3.63) is 130 Å². The predicted octanol–water partition coefficient (Wildman–Crippen LogP) is 8.95. The summed E-state index contributed by atoms with van der Waals surface area (Å²) < 4.78 is 24.6. The van der Waals surface area contributed by atoms with Gasteiger partial charge in [-0.25, -0.2) is 4.39 Å². The number of benzene rings is 4. The summed E-state index contributed by atoms with van der Waals surface area (Å²) in [5.74, 6) is 1.60. The van der Waals surface area contributed by atoms with Gasteiger partial charge in [-0.05, 0) is 84.0 Å². The van der Waals surface area contributed by atoms with E-state index in [2.05, 4.69) is 71.8 Å². The number of fused-ring (bicyclic) bond motifs is 3. The van der Waals surface area contributed by atoms with Gasteiger partial charge >= 0.3 is 0 Å². The summed E-state index contributed by atoms with van der Waals surface area (Å²) in [6, 6.07) is 25.2. The Balaban J connectivity index is 1.16. The van der Waals surface area contributed by atoms with Crippen molar-refractivity contribution in [1.29, 1.82) is 0 Å². The fraction of sp³-hybridized carbons (Fsp3) is 0.206. The number of hydrogen-bond acceptors (Lipinski definition) is 4. The first-order valence-corrected chi connectivity index (χ1v) is 13.8. The Morgan fingerprint density at radius 1 is 1.02 bits per heavy atom. The van der Waals surface area contributed by atoms with E-state index in [4.69, 9.17) is 21.1 Å². The number of rotatable bonds is 7. The quantitative estimate of drug-likeness (QED) is 0.184. The summed E-state index contributed by atoms with van der Waals surface area (Å²) in [6.45, 7) is 2.40. The van der Waals surface area contributed by atoms with Gasteiger partial charge in [0.05, 0.1) is 23.9 Å². The van der Waals surface area contributed by atoms with Gasteiger partial charge in [-0.15, -0.1) is 0 Å². The van der Waals surface area contributed by atoms with Crippen LogP contribution in [0.25, 0.3) is 0 Å². The standard InChI is InChI=1S/C34H30ClFN2O2/c1-21-6-15-31-29(16-21)27-4-3-5-28(27)33(38-31)24-9-13-26(14-10-24)37-19-23-17-30(35)34(32(18-23)39-2)40-20-22-7-11-25(36)12-8-22/h3-4,6-19,27-28,33,38H,5,20H2,1-2H3/t27-,28+,33+/m1/s1. The fourth-order valence-electron chi connectivity index (χ4n) is 5.65. The molecule has 1 N–H and O–H groups in total. The van der Waals surface area contributed by atoms with Crippen molar-refractivity contribution in [2.45, 2.75) is 31.9 Å². The van der Waals surface area contributed by atoms with Gasteiger partial charge in [0.2, 0.25) is 0 Å². The minimum Gasteiger partial charge on any atom is -0.493 e. The zero-order chi connectivity index (χ0) is 27.6. The normalized spacial score (nSPS) is 19.2. The minimum absolute atomic E-state index is 0.245. The van der Waals surface area contributed by atoms with Crippen LogP contribution in [0.15, 0.2) is 96.0 Å². The second-order valence-corrected chi connectivity index (χ2v) is 10.8. The molecular weight excluding hydrogens is 523 g/mol. The number of halogens is 2. The maximum Gasteiger partial charge on any atom is 0.180 e. The van der Waals surface area contributed by atoms with Gasteiger partial charge in [-0.3, -0.25) is 4.99 Å². The zero-order valence-electron chi connectivity index (χ0n) is 22.4. The average molecular weight is 553 g/mol. The summed E-state index contributed by atoms with van der Waals surface area (Å²) in [4.78, 5) is 4.67. The Morgan fingerprint density at radius 3 is 2.60 bits per heavy atom. The molecule has 0 unspecified atom stereocenters. The first-order valence-electron chi connectivity index (χ1n) is 13.4. The molecule has 0 bridgehead atoms. The number of hydrogen-bond donors (Lipinski definition) is 1. The van der Waals surface area contributed by atoms with Crippen molar-refractivity contribution < 1.29 is 13.9 Å². The lowest BCUT2D eigenvalue weighted by Gasteiger charge is -2.37. The lowest BCUT2D eigenvalue weighted by molar-refractivity contribution is 0.284. The molecule has 40 heavy (non-hydrogen) atoms. The van der Waals surface area contributed by atoms with Crippen LogP contribution in [0.1, 0.15) is 46.2 Å². The average Bonchev–Trinajstić information content (AvgIpc) is 3.47. The number of nitrogens with one attached hydrogen (secondary N) is 1. The number of aliphatic imine (C=N–C) groups is 1. The number of ether oxygens (including phenoxy) is 2. The predicted molar refractivity (Wildman–Crippen MR) is 160 cm³/mol. The van der Waals surface area contributed by atoms with Crippen molar-refractivity contribution in [1.82, 2.24) is 0 Å². The molecule has 4 nitrogen and oxygen atoms in total. The summed E-state index contributed by atoms with van der Waals surface area (Å²) in [6.07, 6.45) is 7.52. The topological polar surface area (TPSA) is 42.8 Å². The zero-order valence-corrected chi connectivity index (χ0v) is 23.2. The Morgan fingerprint density at radius 2 is 1.82 bits per heavy atom. The van der Waals surface area contributed by atoms with Gasteiger partial charge in [0.25, 0.3) is 0 Å². The van der Waals surface area contributed by atoms with Gasteiger partial charge in [0.15, 0.2) is 11.5 Å². The Hall–Kier alpha value is -4.09. The molecule has 0 aromatic heterocycles. The van der Waals surface area contributed by atoms with Crippen molar-refractivity contribution in [2.24, 2.45) is 10.9 Å². The minimum atomic E-state index is -0.288. The van der Waals surface area contributed by atoms with E-state index in [1.165, 1.54) is 34.5 Å². The lowest BCUT2D eigenvalue weighted by atomic mass is 9.76. The van der Waals surface area contributed by atoms with Gasteiger partial charge < -0.3 is 14.8 Å². The molecule has 6 heteroatoms. The number of anilines is 1. The molecule has 202 valence electrons. The van der Waals surface area contributed by atoms with Gasteiger partial charge in [-0.1, -0.05) is 65.7 Å². The third-order valence-electron chi connectivity index (χ3n) is 7.68. The van der Waals surface area contributed by atoms with Crippen LogP contribution in [0.4, 0.5) is 15.8 Å². The second-order valence-electron chi connectivity index (χ2n) is 10.4. The molecule has 4 aromatic rings. The molecule has 1 aliphatic heterocycles. The molecule has 1 aliphatic carbocycles. The first-order chi connectivity index (χ1) is 19.5. The number of allylic oxidation sites excluding steroid dienone is 2. The van der Waals surface area contributed by atoms with Crippen LogP contribution < -0.4 is 14.8 Å². The fourth-order valence-corrected chi connectivity index (χ4v) is 5.92. The second kappa shape index (κ2) is 11.2. The van der Waals surface area contributed by atoms with Crippen LogP contribution in [0.5, 0.6) is 11.5 Å². The first kappa shape index (κ1) is 26.1. The Labute approximate surface area is 239 Å². The number of aryl methyl sites for hydroxylation is 1. The monoisotopic (exact) mass is 552 g/mol. The van der Waals surface area contributed by atoms with Crippen molar-refractivity contribution in [3.8, 4) is 11.5 Å². The van der Waals surface area contributed by atoms with E-state index in [1.807, 2.05) is 6.07 Å². The third kappa shape index (κ3) is 5.34. The van der Waals surface area contributed by atoms with E-state index in [0.29, 0.717) is 28.4 Å². The van der Waals surface area contributed by atoms with E-state index >= 15 is 0 Å². The highest BCUT2D eigenvalue weighted by atomic mass is 35.5. The van der Waals surface area contributed by atoms with Gasteiger partial charge in [-0.2, -0.15) is 0 Å². The Kier molecular flexibility index (Phi) is 7.31. The van der Waals surface area contributed by atoms with Crippen LogP contribution in [0.2, 0.25) is 5.02 Å². The van der Waals surface area contributed by atoms with Crippen molar-refractivity contribution in [3.63, 3.8) is 0 Å².